The van der Waals surface area contributed by atoms with E-state index in [1.807, 2.05) is 36.4 Å². The fourth-order valence-corrected chi connectivity index (χ4v) is 5.02. The minimum Gasteiger partial charge on any atom is -0.374 e. The minimum absolute atomic E-state index is 0.0273. The maximum atomic E-state index is 12.8. The molecule has 1 amide bonds. The van der Waals surface area contributed by atoms with Crippen molar-refractivity contribution in [3.8, 4) is 6.07 Å². The molecule has 3 aromatic carbocycles. The maximum absolute atomic E-state index is 12.8. The first-order valence-corrected chi connectivity index (χ1v) is 12.7. The third-order valence-electron chi connectivity index (χ3n) is 6.80. The van der Waals surface area contributed by atoms with Gasteiger partial charge < -0.3 is 15.0 Å². The highest BCUT2D eigenvalue weighted by molar-refractivity contribution is 5.81. The SMILES string of the molecule is CC(C)C[C@H](OC(c1ccccc1)c1ccc(C2Cc3ccccc3N(C)C2)cc1)C(=O)NCC#N. The summed E-state index contributed by atoms with van der Waals surface area (Å²) in [5.41, 5.74) is 6.01. The van der Waals surface area contributed by atoms with Crippen LogP contribution in [0.2, 0.25) is 0 Å². The number of fused-ring (bicyclic) bond motifs is 1. The summed E-state index contributed by atoms with van der Waals surface area (Å²) in [5, 5.41) is 11.6. The zero-order valence-electron chi connectivity index (χ0n) is 21.4. The number of amides is 1. The van der Waals surface area contributed by atoms with E-state index in [9.17, 15) is 4.79 Å². The molecular weight excluding hydrogens is 446 g/mol. The number of carbonyl (C=O) groups is 1. The van der Waals surface area contributed by atoms with Crippen molar-refractivity contribution in [2.24, 2.45) is 5.92 Å². The van der Waals surface area contributed by atoms with E-state index in [0.717, 1.165) is 24.1 Å². The van der Waals surface area contributed by atoms with E-state index in [1.54, 1.807) is 0 Å². The first-order valence-electron chi connectivity index (χ1n) is 12.7. The Labute approximate surface area is 214 Å². The van der Waals surface area contributed by atoms with Crippen LogP contribution in [0, 0.1) is 17.2 Å². The van der Waals surface area contributed by atoms with E-state index in [2.05, 4.69) is 79.6 Å². The molecule has 5 nitrogen and oxygen atoms in total. The molecule has 3 aromatic rings. The number of rotatable bonds is 9. The number of nitrogens with zero attached hydrogens (tertiary/aromatic N) is 2. The monoisotopic (exact) mass is 481 g/mol. The Morgan fingerprint density at radius 1 is 1.03 bits per heavy atom. The van der Waals surface area contributed by atoms with Gasteiger partial charge >= 0.3 is 0 Å². The topological polar surface area (TPSA) is 65.4 Å². The van der Waals surface area contributed by atoms with E-state index >= 15 is 0 Å². The molecule has 4 rings (SSSR count). The molecule has 0 aromatic heterocycles. The van der Waals surface area contributed by atoms with Gasteiger partial charge in [0.2, 0.25) is 5.91 Å². The minimum atomic E-state index is -0.647. The summed E-state index contributed by atoms with van der Waals surface area (Å²) >= 11 is 0. The van der Waals surface area contributed by atoms with Gasteiger partial charge in [-0.05, 0) is 47.1 Å². The third kappa shape index (κ3) is 6.13. The first kappa shape index (κ1) is 25.5. The summed E-state index contributed by atoms with van der Waals surface area (Å²) < 4.78 is 6.51. The van der Waals surface area contributed by atoms with Crippen LogP contribution in [-0.4, -0.2) is 32.1 Å². The summed E-state index contributed by atoms with van der Waals surface area (Å²) in [7, 11) is 2.16. The van der Waals surface area contributed by atoms with E-state index < -0.39 is 6.10 Å². The summed E-state index contributed by atoms with van der Waals surface area (Å²) in [5.74, 6) is 0.444. The van der Waals surface area contributed by atoms with E-state index in [1.165, 1.54) is 16.8 Å². The number of nitriles is 1. The second kappa shape index (κ2) is 11.9. The Kier molecular flexibility index (Phi) is 8.40. The summed E-state index contributed by atoms with van der Waals surface area (Å²) in [6.07, 6.45) is 0.568. The summed E-state index contributed by atoms with van der Waals surface area (Å²) in [6.45, 7) is 5.09. The summed E-state index contributed by atoms with van der Waals surface area (Å²) in [4.78, 5) is 15.2. The number of anilines is 1. The third-order valence-corrected chi connectivity index (χ3v) is 6.80. The van der Waals surface area contributed by atoms with Gasteiger partial charge in [-0.2, -0.15) is 5.26 Å². The molecule has 0 saturated carbocycles. The van der Waals surface area contributed by atoms with Crippen LogP contribution in [-0.2, 0) is 16.0 Å². The molecule has 1 aliphatic heterocycles. The number of likely N-dealkylation sites (N-methyl/N-ethyl adjacent to an activating group) is 1. The molecule has 0 bridgehead atoms. The molecule has 0 saturated heterocycles. The maximum Gasteiger partial charge on any atom is 0.250 e. The Bertz CT molecular complexity index is 1180. The highest BCUT2D eigenvalue weighted by Crippen LogP contribution is 2.35. The lowest BCUT2D eigenvalue weighted by Gasteiger charge is -2.34. The van der Waals surface area contributed by atoms with E-state index in [0.29, 0.717) is 12.3 Å². The van der Waals surface area contributed by atoms with Crippen molar-refractivity contribution in [1.82, 2.24) is 5.32 Å². The quantitative estimate of drug-likeness (QED) is 0.403. The van der Waals surface area contributed by atoms with Gasteiger partial charge in [0.1, 0.15) is 18.8 Å². The normalized spacial score (nSPS) is 16.6. The van der Waals surface area contributed by atoms with Crippen molar-refractivity contribution in [3.05, 3.63) is 101 Å². The fourth-order valence-electron chi connectivity index (χ4n) is 5.02. The smallest absolute Gasteiger partial charge is 0.250 e. The van der Waals surface area contributed by atoms with Gasteiger partial charge in [-0.3, -0.25) is 4.79 Å². The van der Waals surface area contributed by atoms with Crippen molar-refractivity contribution in [2.75, 3.05) is 25.0 Å². The molecule has 1 N–H and O–H groups in total. The van der Waals surface area contributed by atoms with Gasteiger partial charge in [0.05, 0.1) is 6.07 Å². The van der Waals surface area contributed by atoms with Crippen molar-refractivity contribution in [1.29, 1.82) is 5.26 Å². The molecule has 5 heteroatoms. The first-order chi connectivity index (χ1) is 17.5. The Morgan fingerprint density at radius 3 is 2.39 bits per heavy atom. The van der Waals surface area contributed by atoms with Crippen LogP contribution in [0.5, 0.6) is 0 Å². The van der Waals surface area contributed by atoms with Gasteiger partial charge in [0, 0.05) is 25.2 Å². The molecule has 1 aliphatic rings. The van der Waals surface area contributed by atoms with Crippen LogP contribution < -0.4 is 10.2 Å². The zero-order valence-corrected chi connectivity index (χ0v) is 21.4. The van der Waals surface area contributed by atoms with Crippen molar-refractivity contribution in [2.45, 2.75) is 44.8 Å². The van der Waals surface area contributed by atoms with Gasteiger partial charge in [0.25, 0.3) is 0 Å². The number of nitrogens with one attached hydrogen (secondary N) is 1. The standard InChI is InChI=1S/C31H35N3O2/c1-22(2)19-29(31(35)33-18-17-32)36-30(24-9-5-4-6-10-24)25-15-13-23(14-16-25)27-20-26-11-7-8-12-28(26)34(3)21-27/h4-16,22,27,29-30H,18-21H2,1-3H3,(H,33,35)/t27?,29-,30?/m0/s1. The van der Waals surface area contributed by atoms with Crippen LogP contribution >= 0.6 is 0 Å². The van der Waals surface area contributed by atoms with E-state index in [-0.39, 0.29) is 24.5 Å². The number of carbonyl (C=O) groups excluding carboxylic acids is 1. The van der Waals surface area contributed by atoms with Gasteiger partial charge in [-0.1, -0.05) is 86.6 Å². The molecular formula is C31H35N3O2. The van der Waals surface area contributed by atoms with Crippen LogP contribution in [0.25, 0.3) is 0 Å². The van der Waals surface area contributed by atoms with Crippen LogP contribution in [0.15, 0.2) is 78.9 Å². The Hall–Kier alpha value is -3.62. The molecule has 0 fully saturated rings. The molecule has 36 heavy (non-hydrogen) atoms. The zero-order chi connectivity index (χ0) is 25.5. The lowest BCUT2D eigenvalue weighted by Crippen LogP contribution is -2.38. The average molecular weight is 482 g/mol. The van der Waals surface area contributed by atoms with Gasteiger partial charge in [-0.25, -0.2) is 0 Å². The molecule has 0 aliphatic carbocycles. The molecule has 0 spiro atoms. The number of ether oxygens (including phenoxy) is 1. The fraction of sp³-hybridized carbons (Fsp3) is 0.355. The number of benzene rings is 3. The molecule has 2 unspecified atom stereocenters. The Morgan fingerprint density at radius 2 is 1.69 bits per heavy atom. The molecule has 1 heterocycles. The lowest BCUT2D eigenvalue weighted by atomic mass is 9.86. The predicted molar refractivity (Wildman–Crippen MR) is 144 cm³/mol. The van der Waals surface area contributed by atoms with Crippen LogP contribution in [0.4, 0.5) is 5.69 Å². The number of hydrogen-bond donors (Lipinski definition) is 1. The average Bonchev–Trinajstić information content (AvgIpc) is 2.90. The highest BCUT2D eigenvalue weighted by atomic mass is 16.5. The summed E-state index contributed by atoms with van der Waals surface area (Å²) in [6, 6.07) is 29.3. The second-order valence-corrected chi connectivity index (χ2v) is 10.00. The van der Waals surface area contributed by atoms with Crippen molar-refractivity contribution < 1.29 is 9.53 Å². The lowest BCUT2D eigenvalue weighted by molar-refractivity contribution is -0.136. The van der Waals surface area contributed by atoms with E-state index in [4.69, 9.17) is 10.00 Å². The predicted octanol–water partition coefficient (Wildman–Crippen LogP) is 5.62. The Balaban J connectivity index is 1.59. The molecule has 3 atom stereocenters. The second-order valence-electron chi connectivity index (χ2n) is 10.00. The molecule has 186 valence electrons. The van der Waals surface area contributed by atoms with Gasteiger partial charge in [0.15, 0.2) is 0 Å². The van der Waals surface area contributed by atoms with Crippen LogP contribution in [0.1, 0.15) is 54.5 Å². The number of para-hydroxylation sites is 1. The highest BCUT2D eigenvalue weighted by Gasteiger charge is 2.27. The van der Waals surface area contributed by atoms with Crippen molar-refractivity contribution in [3.63, 3.8) is 0 Å². The van der Waals surface area contributed by atoms with Crippen LogP contribution in [0.3, 0.4) is 0 Å². The largest absolute Gasteiger partial charge is 0.374 e. The molecule has 0 radical (unpaired) electrons. The van der Waals surface area contributed by atoms with Crippen molar-refractivity contribution >= 4 is 11.6 Å². The van der Waals surface area contributed by atoms with Gasteiger partial charge in [-0.15, -0.1) is 0 Å². The number of hydrogen-bond acceptors (Lipinski definition) is 4.